The van der Waals surface area contributed by atoms with E-state index < -0.39 is 5.60 Å². The number of ether oxygens (including phenoxy) is 1. The molecule has 0 saturated carbocycles. The van der Waals surface area contributed by atoms with Crippen LogP contribution in [0.5, 0.6) is 0 Å². The van der Waals surface area contributed by atoms with Gasteiger partial charge < -0.3 is 15.0 Å². The number of aromatic nitrogens is 1. The van der Waals surface area contributed by atoms with Gasteiger partial charge in [-0.3, -0.25) is 0 Å². The molecule has 2 atom stereocenters. The Balaban J connectivity index is 2.11. The molecule has 1 aromatic heterocycles. The summed E-state index contributed by atoms with van der Waals surface area (Å²) in [5.74, 6) is 0.882. The summed E-state index contributed by atoms with van der Waals surface area (Å²) in [7, 11) is 0. The average Bonchev–Trinajstić information content (AvgIpc) is 2.54. The zero-order chi connectivity index (χ0) is 17.7. The fourth-order valence-electron chi connectivity index (χ4n) is 2.86. The molecule has 2 rings (SSSR count). The van der Waals surface area contributed by atoms with Crippen LogP contribution in [0.1, 0.15) is 71.9 Å². The van der Waals surface area contributed by atoms with E-state index >= 15 is 0 Å². The standard InChI is InChI=1S/C19H31N3O2/c1-6-14(2)21-17-11-10-15(13-20-17)16-9-7-8-12-22(16)18(23)24-19(3,4)5/h10-11,13-14,16H,6-9,12H2,1-5H3,(H,20,21)/t14-,16+/m1/s1. The van der Waals surface area contributed by atoms with Gasteiger partial charge in [0.1, 0.15) is 11.4 Å². The van der Waals surface area contributed by atoms with Crippen LogP contribution in [0, 0.1) is 0 Å². The molecule has 1 saturated heterocycles. The Morgan fingerprint density at radius 3 is 2.75 bits per heavy atom. The molecule has 5 nitrogen and oxygen atoms in total. The van der Waals surface area contributed by atoms with Crippen molar-refractivity contribution in [3.8, 4) is 0 Å². The SMILES string of the molecule is CC[C@@H](C)Nc1ccc([C@@H]2CCCCN2C(=O)OC(C)(C)C)cn1. The number of nitrogens with zero attached hydrogens (tertiary/aromatic N) is 2. The van der Waals surface area contributed by atoms with Crippen LogP contribution in [-0.4, -0.2) is 34.2 Å². The number of pyridine rings is 1. The summed E-state index contributed by atoms with van der Waals surface area (Å²) in [6, 6.07) is 4.53. The highest BCUT2D eigenvalue weighted by molar-refractivity contribution is 5.69. The van der Waals surface area contributed by atoms with E-state index in [0.717, 1.165) is 43.6 Å². The summed E-state index contributed by atoms with van der Waals surface area (Å²) in [4.78, 5) is 18.9. The number of nitrogens with one attached hydrogen (secondary N) is 1. The maximum Gasteiger partial charge on any atom is 0.410 e. The number of anilines is 1. The van der Waals surface area contributed by atoms with Crippen molar-refractivity contribution >= 4 is 11.9 Å². The smallest absolute Gasteiger partial charge is 0.410 e. The van der Waals surface area contributed by atoms with Gasteiger partial charge in [0, 0.05) is 18.8 Å². The number of carbonyl (C=O) groups is 1. The van der Waals surface area contributed by atoms with Gasteiger partial charge in [-0.05, 0) is 65.0 Å². The predicted octanol–water partition coefficient (Wildman–Crippen LogP) is 4.75. The molecular formula is C19H31N3O2. The first-order valence-corrected chi connectivity index (χ1v) is 9.02. The van der Waals surface area contributed by atoms with E-state index in [1.165, 1.54) is 0 Å². The number of rotatable bonds is 4. The molecule has 1 amide bonds. The maximum atomic E-state index is 12.5. The molecule has 1 N–H and O–H groups in total. The normalized spacial score (nSPS) is 19.7. The minimum Gasteiger partial charge on any atom is -0.444 e. The van der Waals surface area contributed by atoms with Crippen LogP contribution < -0.4 is 5.32 Å². The maximum absolute atomic E-state index is 12.5. The topological polar surface area (TPSA) is 54.5 Å². The van der Waals surface area contributed by atoms with Gasteiger partial charge in [-0.15, -0.1) is 0 Å². The fraction of sp³-hybridized carbons (Fsp3) is 0.684. The van der Waals surface area contributed by atoms with E-state index in [4.69, 9.17) is 4.74 Å². The molecule has 0 aromatic carbocycles. The summed E-state index contributed by atoms with van der Waals surface area (Å²) in [6.45, 7) is 10.7. The molecule has 1 aromatic rings. The quantitative estimate of drug-likeness (QED) is 0.863. The van der Waals surface area contributed by atoms with Crippen molar-refractivity contribution in [1.82, 2.24) is 9.88 Å². The number of piperidine rings is 1. The van der Waals surface area contributed by atoms with Crippen LogP contribution >= 0.6 is 0 Å². The highest BCUT2D eigenvalue weighted by Gasteiger charge is 2.31. The van der Waals surface area contributed by atoms with E-state index in [-0.39, 0.29) is 12.1 Å². The highest BCUT2D eigenvalue weighted by atomic mass is 16.6. The van der Waals surface area contributed by atoms with E-state index in [1.807, 2.05) is 37.9 Å². The van der Waals surface area contributed by atoms with E-state index in [9.17, 15) is 4.79 Å². The Morgan fingerprint density at radius 2 is 2.17 bits per heavy atom. The molecule has 0 spiro atoms. The monoisotopic (exact) mass is 333 g/mol. The molecule has 0 bridgehead atoms. The summed E-state index contributed by atoms with van der Waals surface area (Å²) >= 11 is 0. The number of amides is 1. The number of likely N-dealkylation sites (tertiary alicyclic amines) is 1. The van der Waals surface area contributed by atoms with Crippen molar-refractivity contribution in [2.75, 3.05) is 11.9 Å². The summed E-state index contributed by atoms with van der Waals surface area (Å²) in [5, 5.41) is 3.37. The van der Waals surface area contributed by atoms with Crippen LogP contribution in [0.25, 0.3) is 0 Å². The first kappa shape index (κ1) is 18.6. The van der Waals surface area contributed by atoms with Gasteiger partial charge in [0.05, 0.1) is 6.04 Å². The lowest BCUT2D eigenvalue weighted by Gasteiger charge is -2.36. The van der Waals surface area contributed by atoms with Gasteiger partial charge in [-0.1, -0.05) is 13.0 Å². The minimum atomic E-state index is -0.471. The van der Waals surface area contributed by atoms with Crippen molar-refractivity contribution < 1.29 is 9.53 Å². The Bertz CT molecular complexity index is 537. The fourth-order valence-corrected chi connectivity index (χ4v) is 2.86. The van der Waals surface area contributed by atoms with Crippen molar-refractivity contribution in [3.05, 3.63) is 23.9 Å². The second-order valence-corrected chi connectivity index (χ2v) is 7.62. The average molecular weight is 333 g/mol. The van der Waals surface area contributed by atoms with Gasteiger partial charge in [0.2, 0.25) is 0 Å². The van der Waals surface area contributed by atoms with E-state index in [1.54, 1.807) is 0 Å². The molecule has 0 radical (unpaired) electrons. The third-order valence-corrected chi connectivity index (χ3v) is 4.31. The molecule has 24 heavy (non-hydrogen) atoms. The van der Waals surface area contributed by atoms with Crippen LogP contribution in [-0.2, 0) is 4.74 Å². The van der Waals surface area contributed by atoms with Crippen molar-refractivity contribution in [2.24, 2.45) is 0 Å². The predicted molar refractivity (Wildman–Crippen MR) is 97.1 cm³/mol. The van der Waals surface area contributed by atoms with Crippen LogP contribution in [0.4, 0.5) is 10.6 Å². The van der Waals surface area contributed by atoms with Crippen LogP contribution in [0.3, 0.4) is 0 Å². The van der Waals surface area contributed by atoms with E-state index in [2.05, 4.69) is 30.2 Å². The summed E-state index contributed by atoms with van der Waals surface area (Å²) in [6.07, 6.45) is 5.82. The van der Waals surface area contributed by atoms with Gasteiger partial charge in [-0.25, -0.2) is 9.78 Å². The molecule has 0 unspecified atom stereocenters. The summed E-state index contributed by atoms with van der Waals surface area (Å²) < 4.78 is 5.57. The third-order valence-electron chi connectivity index (χ3n) is 4.31. The zero-order valence-corrected chi connectivity index (χ0v) is 15.6. The van der Waals surface area contributed by atoms with Crippen LogP contribution in [0.2, 0.25) is 0 Å². The van der Waals surface area contributed by atoms with Crippen LogP contribution in [0.15, 0.2) is 18.3 Å². The van der Waals surface area contributed by atoms with Gasteiger partial charge in [-0.2, -0.15) is 0 Å². The van der Waals surface area contributed by atoms with E-state index in [0.29, 0.717) is 6.04 Å². The first-order chi connectivity index (χ1) is 11.3. The largest absolute Gasteiger partial charge is 0.444 e. The van der Waals surface area contributed by atoms with Gasteiger partial charge >= 0.3 is 6.09 Å². The van der Waals surface area contributed by atoms with Crippen molar-refractivity contribution in [1.29, 1.82) is 0 Å². The van der Waals surface area contributed by atoms with Gasteiger partial charge in [0.25, 0.3) is 0 Å². The van der Waals surface area contributed by atoms with Crippen molar-refractivity contribution in [2.45, 2.75) is 78.0 Å². The number of carbonyl (C=O) groups excluding carboxylic acids is 1. The molecule has 0 aliphatic carbocycles. The van der Waals surface area contributed by atoms with Gasteiger partial charge in [0.15, 0.2) is 0 Å². The number of hydrogen-bond acceptors (Lipinski definition) is 4. The molecular weight excluding hydrogens is 302 g/mol. The molecule has 1 fully saturated rings. The molecule has 1 aliphatic heterocycles. The Kier molecular flexibility index (Phi) is 6.08. The highest BCUT2D eigenvalue weighted by Crippen LogP contribution is 2.32. The Morgan fingerprint density at radius 1 is 1.42 bits per heavy atom. The molecule has 134 valence electrons. The molecule has 5 heteroatoms. The summed E-state index contributed by atoms with van der Waals surface area (Å²) in [5.41, 5.74) is 0.608. The molecule has 1 aliphatic rings. The van der Waals surface area contributed by atoms with Crippen molar-refractivity contribution in [3.63, 3.8) is 0 Å². The Hall–Kier alpha value is -1.78. The first-order valence-electron chi connectivity index (χ1n) is 9.02. The molecule has 2 heterocycles. The lowest BCUT2D eigenvalue weighted by Crippen LogP contribution is -2.41. The lowest BCUT2D eigenvalue weighted by molar-refractivity contribution is 0.00948. The zero-order valence-electron chi connectivity index (χ0n) is 15.6. The third kappa shape index (κ3) is 5.11. The lowest BCUT2D eigenvalue weighted by atomic mass is 9.97. The second kappa shape index (κ2) is 7.86. The minimum absolute atomic E-state index is 0.0544. The number of hydrogen-bond donors (Lipinski definition) is 1. The second-order valence-electron chi connectivity index (χ2n) is 7.62. The Labute approximate surface area is 145 Å².